The highest BCUT2D eigenvalue weighted by molar-refractivity contribution is 5.88. The van der Waals surface area contributed by atoms with Gasteiger partial charge in [0.25, 0.3) is 0 Å². The number of carbonyl (C=O) groups is 1. The molecule has 6 nitrogen and oxygen atoms in total. The summed E-state index contributed by atoms with van der Waals surface area (Å²) in [7, 11) is 3.32. The Morgan fingerprint density at radius 3 is 3.21 bits per heavy atom. The van der Waals surface area contributed by atoms with E-state index < -0.39 is 5.97 Å². The molecule has 104 valence electrons. The average Bonchev–Trinajstić information content (AvgIpc) is 2.47. The molecule has 1 aliphatic heterocycles. The molecule has 1 fully saturated rings. The highest BCUT2D eigenvalue weighted by Gasteiger charge is 2.16. The van der Waals surface area contributed by atoms with Gasteiger partial charge in [0.2, 0.25) is 0 Å². The van der Waals surface area contributed by atoms with Gasteiger partial charge in [-0.15, -0.1) is 0 Å². The van der Waals surface area contributed by atoms with Gasteiger partial charge < -0.3 is 19.7 Å². The van der Waals surface area contributed by atoms with E-state index in [1.807, 2.05) is 18.0 Å². The van der Waals surface area contributed by atoms with Crippen LogP contribution < -0.4 is 10.2 Å². The fourth-order valence-corrected chi connectivity index (χ4v) is 2.02. The van der Waals surface area contributed by atoms with Crippen molar-refractivity contribution in [2.45, 2.75) is 6.10 Å². The number of likely N-dealkylation sites (N-methyl/N-ethyl adjacent to an activating group) is 1. The Morgan fingerprint density at radius 2 is 2.53 bits per heavy atom. The van der Waals surface area contributed by atoms with Gasteiger partial charge in [-0.25, -0.2) is 9.78 Å². The topological polar surface area (TPSA) is 63.7 Å². The third-order valence-electron chi connectivity index (χ3n) is 3.06. The Hall–Kier alpha value is -1.66. The molecule has 19 heavy (non-hydrogen) atoms. The molecule has 1 N–H and O–H groups in total. The molecular formula is C13H19N3O3. The van der Waals surface area contributed by atoms with Crippen LogP contribution in [0, 0.1) is 0 Å². The summed E-state index contributed by atoms with van der Waals surface area (Å²) in [5.74, 6) is -0.425. The van der Waals surface area contributed by atoms with Gasteiger partial charge >= 0.3 is 5.97 Å². The van der Waals surface area contributed by atoms with Gasteiger partial charge in [0, 0.05) is 38.6 Å². The number of carbonyl (C=O) groups excluding carboxylic acids is 1. The van der Waals surface area contributed by atoms with Crippen molar-refractivity contribution >= 4 is 11.7 Å². The maximum absolute atomic E-state index is 11.4. The number of ether oxygens (including phenoxy) is 2. The zero-order valence-corrected chi connectivity index (χ0v) is 11.3. The zero-order chi connectivity index (χ0) is 13.7. The molecule has 0 aromatic carbocycles. The lowest BCUT2D eigenvalue weighted by atomic mass is 10.2. The quantitative estimate of drug-likeness (QED) is 0.790. The van der Waals surface area contributed by atoms with Crippen LogP contribution in [-0.2, 0) is 9.47 Å². The van der Waals surface area contributed by atoms with E-state index in [0.29, 0.717) is 5.69 Å². The van der Waals surface area contributed by atoms with Gasteiger partial charge in [0.1, 0.15) is 5.69 Å². The van der Waals surface area contributed by atoms with Gasteiger partial charge in [-0.1, -0.05) is 0 Å². The second-order valence-corrected chi connectivity index (χ2v) is 4.47. The molecule has 1 atom stereocenters. The first-order valence-corrected chi connectivity index (χ1v) is 6.28. The maximum atomic E-state index is 11.4. The van der Waals surface area contributed by atoms with Gasteiger partial charge in [0.15, 0.2) is 0 Å². The Morgan fingerprint density at radius 1 is 1.68 bits per heavy atom. The van der Waals surface area contributed by atoms with Crippen LogP contribution in [0.25, 0.3) is 0 Å². The van der Waals surface area contributed by atoms with Crippen LogP contribution in [-0.4, -0.2) is 57.5 Å². The molecule has 0 aliphatic carbocycles. The summed E-state index contributed by atoms with van der Waals surface area (Å²) in [6.45, 7) is 3.25. The number of methoxy groups -OCH3 is 1. The molecule has 6 heteroatoms. The second-order valence-electron chi connectivity index (χ2n) is 4.47. The number of nitrogens with one attached hydrogen (secondary N) is 1. The van der Waals surface area contributed by atoms with E-state index in [-0.39, 0.29) is 6.10 Å². The zero-order valence-electron chi connectivity index (χ0n) is 11.3. The Labute approximate surface area is 112 Å². The number of rotatable bonds is 4. The van der Waals surface area contributed by atoms with E-state index in [4.69, 9.17) is 4.74 Å². The smallest absolute Gasteiger partial charge is 0.356 e. The van der Waals surface area contributed by atoms with Crippen LogP contribution in [0.15, 0.2) is 18.3 Å². The van der Waals surface area contributed by atoms with Crippen molar-refractivity contribution in [1.29, 1.82) is 0 Å². The normalized spacial score (nSPS) is 18.9. The summed E-state index contributed by atoms with van der Waals surface area (Å²) in [5.41, 5.74) is 1.24. The minimum absolute atomic E-state index is 0.161. The number of esters is 1. The summed E-state index contributed by atoms with van der Waals surface area (Å²) in [5, 5.41) is 3.29. The third-order valence-corrected chi connectivity index (χ3v) is 3.06. The van der Waals surface area contributed by atoms with Gasteiger partial charge in [0.05, 0.1) is 19.8 Å². The SMILES string of the molecule is COC(=O)c1cc(N(C)CC2CNCCO2)ccn1. The lowest BCUT2D eigenvalue weighted by Gasteiger charge is -2.29. The number of nitrogens with zero attached hydrogens (tertiary/aromatic N) is 2. The predicted molar refractivity (Wildman–Crippen MR) is 71.5 cm³/mol. The molecule has 2 rings (SSSR count). The van der Waals surface area contributed by atoms with E-state index in [1.165, 1.54) is 7.11 Å². The van der Waals surface area contributed by atoms with Gasteiger partial charge in [-0.2, -0.15) is 0 Å². The maximum Gasteiger partial charge on any atom is 0.356 e. The van der Waals surface area contributed by atoms with Crippen molar-refractivity contribution in [3.8, 4) is 0 Å². The number of aromatic nitrogens is 1. The fourth-order valence-electron chi connectivity index (χ4n) is 2.02. The molecule has 0 radical (unpaired) electrons. The monoisotopic (exact) mass is 265 g/mol. The standard InChI is InChI=1S/C13H19N3O3/c1-16(9-11-8-14-5-6-19-11)10-3-4-15-12(7-10)13(17)18-2/h3-4,7,11,14H,5-6,8-9H2,1-2H3. The summed E-state index contributed by atoms with van der Waals surface area (Å²) >= 11 is 0. The Balaban J connectivity index is 2.01. The molecule has 1 aromatic heterocycles. The summed E-state index contributed by atoms with van der Waals surface area (Å²) in [6.07, 6.45) is 1.77. The van der Waals surface area contributed by atoms with E-state index in [1.54, 1.807) is 12.3 Å². The molecular weight excluding hydrogens is 246 g/mol. The number of pyridine rings is 1. The Kier molecular flexibility index (Phi) is 4.70. The third kappa shape index (κ3) is 3.65. The fraction of sp³-hybridized carbons (Fsp3) is 0.538. The van der Waals surface area contributed by atoms with Crippen LogP contribution >= 0.6 is 0 Å². The second kappa shape index (κ2) is 6.49. The summed E-state index contributed by atoms with van der Waals surface area (Å²) in [6, 6.07) is 3.59. The van der Waals surface area contributed by atoms with Crippen molar-refractivity contribution in [3.63, 3.8) is 0 Å². The minimum Gasteiger partial charge on any atom is -0.464 e. The first-order chi connectivity index (χ1) is 9.20. The molecule has 1 aromatic rings. The Bertz CT molecular complexity index is 433. The number of hydrogen-bond acceptors (Lipinski definition) is 6. The average molecular weight is 265 g/mol. The van der Waals surface area contributed by atoms with E-state index in [2.05, 4.69) is 15.0 Å². The lowest BCUT2D eigenvalue weighted by Crippen LogP contribution is -2.44. The van der Waals surface area contributed by atoms with E-state index >= 15 is 0 Å². The van der Waals surface area contributed by atoms with Gasteiger partial charge in [-0.3, -0.25) is 0 Å². The summed E-state index contributed by atoms with van der Waals surface area (Å²) in [4.78, 5) is 17.5. The molecule has 1 aliphatic rings. The molecule has 0 amide bonds. The minimum atomic E-state index is -0.425. The first kappa shape index (κ1) is 13.8. The van der Waals surface area contributed by atoms with Crippen LogP contribution in [0.3, 0.4) is 0 Å². The van der Waals surface area contributed by atoms with Crippen LogP contribution in [0.4, 0.5) is 5.69 Å². The number of hydrogen-bond donors (Lipinski definition) is 1. The van der Waals surface area contributed by atoms with E-state index in [0.717, 1.165) is 31.9 Å². The van der Waals surface area contributed by atoms with Crippen LogP contribution in [0.5, 0.6) is 0 Å². The predicted octanol–water partition coefficient (Wildman–Crippen LogP) is 0.293. The van der Waals surface area contributed by atoms with Crippen LogP contribution in [0.2, 0.25) is 0 Å². The van der Waals surface area contributed by atoms with Crippen LogP contribution in [0.1, 0.15) is 10.5 Å². The first-order valence-electron chi connectivity index (χ1n) is 6.28. The molecule has 0 saturated carbocycles. The summed E-state index contributed by atoms with van der Waals surface area (Å²) < 4.78 is 10.3. The highest BCUT2D eigenvalue weighted by Crippen LogP contribution is 2.14. The number of morpholine rings is 1. The lowest BCUT2D eigenvalue weighted by molar-refractivity contribution is 0.0340. The van der Waals surface area contributed by atoms with Crippen molar-refractivity contribution in [2.24, 2.45) is 0 Å². The van der Waals surface area contributed by atoms with Crippen molar-refractivity contribution in [3.05, 3.63) is 24.0 Å². The van der Waals surface area contributed by atoms with E-state index in [9.17, 15) is 4.79 Å². The van der Waals surface area contributed by atoms with Crippen molar-refractivity contribution in [2.75, 3.05) is 45.3 Å². The number of anilines is 1. The highest BCUT2D eigenvalue weighted by atomic mass is 16.5. The molecule has 0 spiro atoms. The molecule has 1 saturated heterocycles. The van der Waals surface area contributed by atoms with Crippen molar-refractivity contribution < 1.29 is 14.3 Å². The molecule has 0 bridgehead atoms. The molecule has 2 heterocycles. The molecule has 1 unspecified atom stereocenters. The largest absolute Gasteiger partial charge is 0.464 e. The van der Waals surface area contributed by atoms with Gasteiger partial charge in [-0.05, 0) is 12.1 Å². The van der Waals surface area contributed by atoms with Crippen molar-refractivity contribution in [1.82, 2.24) is 10.3 Å².